The summed E-state index contributed by atoms with van der Waals surface area (Å²) in [5.74, 6) is 0. The van der Waals surface area contributed by atoms with E-state index in [4.69, 9.17) is 0 Å². The minimum atomic E-state index is 0.639. The Morgan fingerprint density at radius 1 is 1.00 bits per heavy atom. The van der Waals surface area contributed by atoms with Crippen LogP contribution in [0.3, 0.4) is 0 Å². The molecule has 12 heavy (non-hydrogen) atoms. The molecule has 1 aliphatic heterocycles. The molecule has 0 unspecified atom stereocenters. The van der Waals surface area contributed by atoms with Gasteiger partial charge in [0, 0.05) is 0 Å². The zero-order valence-corrected chi connectivity index (χ0v) is 8.87. The van der Waals surface area contributed by atoms with Gasteiger partial charge in [-0.15, -0.1) is 0 Å². The van der Waals surface area contributed by atoms with Crippen molar-refractivity contribution in [2.45, 2.75) is 3.55 Å². The van der Waals surface area contributed by atoms with Crippen LogP contribution >= 0.6 is 23.5 Å². The fourth-order valence-corrected chi connectivity index (χ4v) is 4.50. The van der Waals surface area contributed by atoms with E-state index in [2.05, 4.69) is 41.1 Å². The van der Waals surface area contributed by atoms with Gasteiger partial charge in [-0.25, -0.2) is 0 Å². The zero-order valence-electron chi connectivity index (χ0n) is 6.25. The molecule has 0 N–H and O–H groups in total. The van der Waals surface area contributed by atoms with Crippen molar-refractivity contribution in [2.75, 3.05) is 0 Å². The molecule has 0 bridgehead atoms. The van der Waals surface area contributed by atoms with E-state index in [0.717, 1.165) is 0 Å². The molecule has 0 fully saturated rings. The molecule has 2 rings (SSSR count). The van der Waals surface area contributed by atoms with E-state index < -0.39 is 0 Å². The van der Waals surface area contributed by atoms with Crippen molar-refractivity contribution in [3.63, 3.8) is 0 Å². The van der Waals surface area contributed by atoms with Crippen molar-refractivity contribution in [3.05, 3.63) is 41.1 Å². The first-order chi connectivity index (χ1) is 5.95. The third kappa shape index (κ3) is 2.32. The Labute approximate surface area is 87.0 Å². The normalized spacial score (nSPS) is 17.3. The second kappa shape index (κ2) is 4.41. The molecule has 1 aliphatic rings. The van der Waals surface area contributed by atoms with Gasteiger partial charge in [0.25, 0.3) is 0 Å². The van der Waals surface area contributed by atoms with Gasteiger partial charge in [0.05, 0.1) is 0 Å². The Balaban J connectivity index is 1.95. The van der Waals surface area contributed by atoms with Gasteiger partial charge < -0.3 is 0 Å². The molecule has 1 aromatic carbocycles. The Hall–Kier alpha value is 0.154. The summed E-state index contributed by atoms with van der Waals surface area (Å²) >= 11 is 5.51. The van der Waals surface area contributed by atoms with Crippen LogP contribution in [0.1, 0.15) is 0 Å². The van der Waals surface area contributed by atoms with Crippen LogP contribution in [0, 0.1) is 0 Å². The van der Waals surface area contributed by atoms with Crippen LogP contribution in [-0.2, 0) is 14.4 Å². The Morgan fingerprint density at radius 3 is 2.33 bits per heavy atom. The maximum absolute atomic E-state index is 2.17. The van der Waals surface area contributed by atoms with Crippen molar-refractivity contribution in [1.82, 2.24) is 0 Å². The number of benzene rings is 1. The van der Waals surface area contributed by atoms with E-state index >= 15 is 0 Å². The van der Waals surface area contributed by atoms with Crippen molar-refractivity contribution < 1.29 is 14.4 Å². The summed E-state index contributed by atoms with van der Waals surface area (Å²) in [6.07, 6.45) is 0. The predicted octanol–water partition coefficient (Wildman–Crippen LogP) is 2.63. The van der Waals surface area contributed by atoms with Gasteiger partial charge in [-0.1, -0.05) is 0 Å². The first kappa shape index (κ1) is 8.74. The van der Waals surface area contributed by atoms with Crippen molar-refractivity contribution in [1.29, 1.82) is 0 Å². The van der Waals surface area contributed by atoms with Crippen molar-refractivity contribution >= 4 is 28.1 Å². The van der Waals surface area contributed by atoms with E-state index in [9.17, 15) is 0 Å². The van der Waals surface area contributed by atoms with E-state index in [-0.39, 0.29) is 0 Å². The molecular formula is C9H8NiS2. The van der Waals surface area contributed by atoms with Crippen LogP contribution in [0.4, 0.5) is 0 Å². The average molecular weight is 239 g/mol. The summed E-state index contributed by atoms with van der Waals surface area (Å²) in [5, 5.41) is 4.33. The van der Waals surface area contributed by atoms with Gasteiger partial charge in [-0.3, -0.25) is 0 Å². The van der Waals surface area contributed by atoms with Gasteiger partial charge in [-0.2, -0.15) is 0 Å². The summed E-state index contributed by atoms with van der Waals surface area (Å²) in [7, 11) is 0. The molecule has 0 amide bonds. The molecule has 3 heteroatoms. The number of thioether (sulfide) groups is 2. The molecule has 0 spiro atoms. The molecule has 0 atom stereocenters. The van der Waals surface area contributed by atoms with Crippen LogP contribution < -0.4 is 4.53 Å². The third-order valence-corrected chi connectivity index (χ3v) is 5.43. The molecule has 1 heterocycles. The Bertz CT molecular complexity index is 263. The summed E-state index contributed by atoms with van der Waals surface area (Å²) in [6, 6.07) is 10.6. The van der Waals surface area contributed by atoms with E-state index in [0.29, 0.717) is 3.55 Å². The molecule has 0 radical (unpaired) electrons. The van der Waals surface area contributed by atoms with Crippen LogP contribution in [0.25, 0.3) is 0 Å². The summed E-state index contributed by atoms with van der Waals surface area (Å²) < 4.78 is 2.01. The van der Waals surface area contributed by atoms with Crippen LogP contribution in [0.2, 0.25) is 0 Å². The summed E-state index contributed by atoms with van der Waals surface area (Å²) in [6.45, 7) is 0. The monoisotopic (exact) mass is 238 g/mol. The summed E-state index contributed by atoms with van der Waals surface area (Å²) in [4.78, 5) is 0. The molecular weight excluding hydrogens is 231 g/mol. The van der Waals surface area contributed by atoms with Crippen molar-refractivity contribution in [2.24, 2.45) is 0 Å². The maximum atomic E-state index is 2.17. The Morgan fingerprint density at radius 2 is 1.67 bits per heavy atom. The van der Waals surface area contributed by atoms with Crippen LogP contribution in [0.5, 0.6) is 0 Å². The summed E-state index contributed by atoms with van der Waals surface area (Å²) in [5.41, 5.74) is 0. The molecule has 0 aliphatic carbocycles. The predicted molar refractivity (Wildman–Crippen MR) is 54.2 cm³/mol. The third-order valence-electron chi connectivity index (χ3n) is 1.30. The second-order valence-corrected chi connectivity index (χ2v) is 6.55. The first-order valence-electron chi connectivity index (χ1n) is 3.53. The molecule has 66 valence electrons. The Kier molecular flexibility index (Phi) is 3.21. The van der Waals surface area contributed by atoms with Gasteiger partial charge in [0.2, 0.25) is 0 Å². The van der Waals surface area contributed by atoms with Crippen LogP contribution in [0.15, 0.2) is 41.1 Å². The molecule has 0 saturated carbocycles. The zero-order chi connectivity index (χ0) is 8.23. The fourth-order valence-electron chi connectivity index (χ4n) is 0.803. The molecule has 1 aromatic rings. The molecule has 0 nitrogen and oxygen atoms in total. The molecule has 0 saturated heterocycles. The van der Waals surface area contributed by atoms with E-state index in [1.807, 2.05) is 23.5 Å². The van der Waals surface area contributed by atoms with Crippen LogP contribution in [-0.4, -0.2) is 3.55 Å². The molecule has 0 aromatic heterocycles. The van der Waals surface area contributed by atoms with Gasteiger partial charge in [0.15, 0.2) is 0 Å². The van der Waals surface area contributed by atoms with E-state index in [1.165, 1.54) is 4.53 Å². The van der Waals surface area contributed by atoms with Crippen molar-refractivity contribution in [3.8, 4) is 0 Å². The quantitative estimate of drug-likeness (QED) is 0.727. The average Bonchev–Trinajstić information content (AvgIpc) is 2.59. The second-order valence-electron chi connectivity index (χ2n) is 2.14. The van der Waals surface area contributed by atoms with Gasteiger partial charge in [0.1, 0.15) is 0 Å². The van der Waals surface area contributed by atoms with Gasteiger partial charge in [-0.05, 0) is 0 Å². The van der Waals surface area contributed by atoms with E-state index in [1.54, 1.807) is 14.4 Å². The number of rotatable bonds is 2. The first-order valence-corrected chi connectivity index (χ1v) is 6.48. The van der Waals surface area contributed by atoms with Gasteiger partial charge >= 0.3 is 87.2 Å². The SMILES string of the molecule is C1=CS[CH]([Ni][c]2ccccc2)S1. The topological polar surface area (TPSA) is 0 Å². The standard InChI is InChI=1S/C6H5.C3H3S2.Ni/c1-2-4-6-5-3-1;1-2-5-3-4-1;/h1-5H;1-3H;. The fraction of sp³-hybridized carbons (Fsp3) is 0.111. The number of hydrogen-bond acceptors (Lipinski definition) is 2. The number of hydrogen-bond donors (Lipinski definition) is 0. The minimum absolute atomic E-state index is 0.639.